The van der Waals surface area contributed by atoms with Crippen LogP contribution in [0, 0.1) is 0 Å². The summed E-state index contributed by atoms with van der Waals surface area (Å²) in [6.07, 6.45) is -9.54. The van der Waals surface area contributed by atoms with E-state index in [1.54, 1.807) is 0 Å². The zero-order valence-corrected chi connectivity index (χ0v) is 12.9. The molecule has 2 aromatic carbocycles. The minimum absolute atomic E-state index is 0.0137. The van der Waals surface area contributed by atoms with Crippen molar-refractivity contribution in [1.29, 1.82) is 0 Å². The van der Waals surface area contributed by atoms with E-state index < -0.39 is 23.9 Å². The fraction of sp³-hybridized carbons (Fsp3) is 0.200. The fourth-order valence-corrected chi connectivity index (χ4v) is 2.37. The molecule has 2 aromatic rings. The van der Waals surface area contributed by atoms with Crippen molar-refractivity contribution >= 4 is 15.9 Å². The van der Waals surface area contributed by atoms with Crippen LogP contribution >= 0.6 is 15.9 Å². The number of rotatable bonds is 3. The quantitative estimate of drug-likeness (QED) is 0.444. The van der Waals surface area contributed by atoms with Crippen LogP contribution in [0.1, 0.15) is 11.1 Å². The van der Waals surface area contributed by atoms with Crippen LogP contribution in [-0.4, -0.2) is 6.36 Å². The first-order valence-electron chi connectivity index (χ1n) is 6.22. The summed E-state index contributed by atoms with van der Waals surface area (Å²) < 4.78 is 80.0. The van der Waals surface area contributed by atoms with Crippen LogP contribution in [0.4, 0.5) is 26.3 Å². The molecule has 23 heavy (non-hydrogen) atoms. The smallest absolute Gasteiger partial charge is 0.406 e. The second-order valence-corrected chi connectivity index (χ2v) is 5.15. The Labute approximate surface area is 136 Å². The lowest BCUT2D eigenvalue weighted by atomic mass is 9.97. The van der Waals surface area contributed by atoms with E-state index in [1.165, 1.54) is 24.3 Å². The van der Waals surface area contributed by atoms with Gasteiger partial charge in [0, 0.05) is 5.33 Å². The van der Waals surface area contributed by atoms with Gasteiger partial charge in [-0.15, -0.1) is 13.2 Å². The molecule has 0 atom stereocenters. The number of halogens is 7. The Morgan fingerprint density at radius 3 is 2.17 bits per heavy atom. The Balaban J connectivity index is 2.52. The molecule has 0 fully saturated rings. The highest BCUT2D eigenvalue weighted by Crippen LogP contribution is 2.39. The zero-order chi connectivity index (χ0) is 17.3. The van der Waals surface area contributed by atoms with Crippen molar-refractivity contribution in [3.05, 3.63) is 53.6 Å². The van der Waals surface area contributed by atoms with Gasteiger partial charge in [-0.1, -0.05) is 40.2 Å². The topological polar surface area (TPSA) is 9.23 Å². The van der Waals surface area contributed by atoms with Gasteiger partial charge < -0.3 is 4.74 Å². The van der Waals surface area contributed by atoms with Gasteiger partial charge >= 0.3 is 12.5 Å². The van der Waals surface area contributed by atoms with E-state index in [4.69, 9.17) is 0 Å². The van der Waals surface area contributed by atoms with E-state index in [9.17, 15) is 26.3 Å². The SMILES string of the molecule is FC(F)(F)Oc1cccc(-c2ccc(CBr)cc2C(F)(F)F)c1. The second kappa shape index (κ2) is 6.43. The normalized spacial score (nSPS) is 12.3. The molecule has 0 amide bonds. The lowest BCUT2D eigenvalue weighted by molar-refractivity contribution is -0.274. The molecule has 1 nitrogen and oxygen atoms in total. The van der Waals surface area contributed by atoms with Gasteiger partial charge in [0.15, 0.2) is 0 Å². The van der Waals surface area contributed by atoms with E-state index in [1.807, 2.05) is 0 Å². The van der Waals surface area contributed by atoms with Crippen LogP contribution in [0.2, 0.25) is 0 Å². The number of alkyl halides is 7. The molecule has 0 aliphatic carbocycles. The first kappa shape index (κ1) is 17.7. The predicted octanol–water partition coefficient (Wildman–Crippen LogP) is 6.17. The summed E-state index contributed by atoms with van der Waals surface area (Å²) in [5, 5.41) is 0.230. The number of benzene rings is 2. The third-order valence-corrected chi connectivity index (χ3v) is 3.57. The molecule has 0 radical (unpaired) electrons. The summed E-state index contributed by atoms with van der Waals surface area (Å²) in [7, 11) is 0. The molecular formula is C15H9BrF6O. The van der Waals surface area contributed by atoms with Gasteiger partial charge in [0.2, 0.25) is 0 Å². The van der Waals surface area contributed by atoms with Crippen LogP contribution in [0.3, 0.4) is 0 Å². The van der Waals surface area contributed by atoms with Crippen LogP contribution in [0.5, 0.6) is 5.75 Å². The van der Waals surface area contributed by atoms with Crippen molar-refractivity contribution in [3.8, 4) is 16.9 Å². The van der Waals surface area contributed by atoms with E-state index >= 15 is 0 Å². The highest BCUT2D eigenvalue weighted by molar-refractivity contribution is 9.08. The molecule has 0 saturated heterocycles. The molecule has 0 heterocycles. The predicted molar refractivity (Wildman–Crippen MR) is 76.2 cm³/mol. The Bertz CT molecular complexity index is 693. The van der Waals surface area contributed by atoms with Gasteiger partial charge in [0.1, 0.15) is 5.75 Å². The lowest BCUT2D eigenvalue weighted by Crippen LogP contribution is -2.17. The minimum Gasteiger partial charge on any atom is -0.406 e. The molecule has 0 aliphatic heterocycles. The van der Waals surface area contributed by atoms with Gasteiger partial charge in [-0.2, -0.15) is 13.2 Å². The van der Waals surface area contributed by atoms with E-state index in [2.05, 4.69) is 20.7 Å². The molecule has 0 aliphatic rings. The maximum absolute atomic E-state index is 13.2. The molecule has 0 saturated carbocycles. The second-order valence-electron chi connectivity index (χ2n) is 4.59. The highest BCUT2D eigenvalue weighted by Gasteiger charge is 2.34. The Kier molecular flexibility index (Phi) is 4.93. The van der Waals surface area contributed by atoms with Crippen LogP contribution in [0.15, 0.2) is 42.5 Å². The summed E-state index contributed by atoms with van der Waals surface area (Å²) in [5.41, 5.74) is -0.739. The average molecular weight is 399 g/mol. The summed E-state index contributed by atoms with van der Waals surface area (Å²) in [5.74, 6) is -0.576. The van der Waals surface area contributed by atoms with Gasteiger partial charge in [-0.3, -0.25) is 0 Å². The zero-order valence-electron chi connectivity index (χ0n) is 11.3. The summed E-state index contributed by atoms with van der Waals surface area (Å²) in [4.78, 5) is 0. The largest absolute Gasteiger partial charge is 0.573 e. The highest BCUT2D eigenvalue weighted by atomic mass is 79.9. The monoisotopic (exact) mass is 398 g/mol. The molecule has 0 N–H and O–H groups in total. The lowest BCUT2D eigenvalue weighted by Gasteiger charge is -2.15. The Morgan fingerprint density at radius 2 is 1.61 bits per heavy atom. The number of hydrogen-bond donors (Lipinski definition) is 0. The summed E-state index contributed by atoms with van der Waals surface area (Å²) in [6.45, 7) is 0. The van der Waals surface area contributed by atoms with Crippen molar-refractivity contribution < 1.29 is 31.1 Å². The van der Waals surface area contributed by atoms with Crippen LogP contribution < -0.4 is 4.74 Å². The Hall–Kier alpha value is -1.70. The minimum atomic E-state index is -4.91. The van der Waals surface area contributed by atoms with Crippen molar-refractivity contribution in [2.75, 3.05) is 0 Å². The fourth-order valence-electron chi connectivity index (χ4n) is 2.02. The van der Waals surface area contributed by atoms with Crippen molar-refractivity contribution in [2.24, 2.45) is 0 Å². The molecular weight excluding hydrogens is 390 g/mol. The number of hydrogen-bond acceptors (Lipinski definition) is 1. The van der Waals surface area contributed by atoms with Crippen molar-refractivity contribution in [3.63, 3.8) is 0 Å². The maximum Gasteiger partial charge on any atom is 0.573 e. The van der Waals surface area contributed by atoms with E-state index in [-0.39, 0.29) is 16.5 Å². The van der Waals surface area contributed by atoms with Crippen molar-refractivity contribution in [2.45, 2.75) is 17.9 Å². The third kappa shape index (κ3) is 4.63. The van der Waals surface area contributed by atoms with Crippen LogP contribution in [-0.2, 0) is 11.5 Å². The first-order valence-corrected chi connectivity index (χ1v) is 7.34. The van der Waals surface area contributed by atoms with Gasteiger partial charge in [0.25, 0.3) is 0 Å². The van der Waals surface area contributed by atoms with Gasteiger partial charge in [-0.05, 0) is 34.9 Å². The third-order valence-electron chi connectivity index (χ3n) is 2.92. The van der Waals surface area contributed by atoms with Gasteiger partial charge in [-0.25, -0.2) is 0 Å². The van der Waals surface area contributed by atoms with E-state index in [0.717, 1.165) is 18.2 Å². The molecule has 8 heteroatoms. The first-order chi connectivity index (χ1) is 10.6. The van der Waals surface area contributed by atoms with Gasteiger partial charge in [0.05, 0.1) is 5.56 Å². The molecule has 124 valence electrons. The molecule has 0 aromatic heterocycles. The Morgan fingerprint density at radius 1 is 0.913 bits per heavy atom. The van der Waals surface area contributed by atoms with Crippen LogP contribution in [0.25, 0.3) is 11.1 Å². The molecule has 0 spiro atoms. The maximum atomic E-state index is 13.2. The number of ether oxygens (including phenoxy) is 1. The summed E-state index contributed by atoms with van der Waals surface area (Å²) >= 11 is 3.07. The molecule has 0 unspecified atom stereocenters. The standard InChI is InChI=1S/C15H9BrF6O/c16-8-9-4-5-12(13(6-9)14(17,18)19)10-2-1-3-11(7-10)23-15(20,21)22/h1-7H,8H2. The summed E-state index contributed by atoms with van der Waals surface area (Å²) in [6, 6.07) is 8.10. The van der Waals surface area contributed by atoms with E-state index in [0.29, 0.717) is 5.56 Å². The molecule has 0 bridgehead atoms. The molecule has 2 rings (SSSR count). The average Bonchev–Trinajstić information content (AvgIpc) is 2.44. The van der Waals surface area contributed by atoms with Crippen molar-refractivity contribution in [1.82, 2.24) is 0 Å².